The van der Waals surface area contributed by atoms with Crippen LogP contribution in [0.1, 0.15) is 5.56 Å². The Hall–Kier alpha value is -5.48. The van der Waals surface area contributed by atoms with E-state index in [1.165, 1.54) is 55.7 Å². The predicted molar refractivity (Wildman–Crippen MR) is 189 cm³/mol. The molecule has 11 N–H and O–H groups in total. The monoisotopic (exact) mass is 787 g/mol. The number of phenolic OH excluding ortho intramolecular Hbond substituents is 3. The van der Waals surface area contributed by atoms with Gasteiger partial charge >= 0.3 is 5.97 Å². The summed E-state index contributed by atoms with van der Waals surface area (Å²) in [5.74, 6) is -2.23. The summed E-state index contributed by atoms with van der Waals surface area (Å²) in [6, 6.07) is 11.4. The van der Waals surface area contributed by atoms with E-state index in [0.29, 0.717) is 5.56 Å². The van der Waals surface area contributed by atoms with Crippen molar-refractivity contribution in [2.45, 2.75) is 61.4 Å². The average molecular weight is 788 g/mol. The summed E-state index contributed by atoms with van der Waals surface area (Å²) in [7, 11) is 1.32. The molecule has 19 heteroatoms. The Morgan fingerprint density at radius 3 is 2.04 bits per heavy atom. The average Bonchev–Trinajstić information content (AvgIpc) is 3.18. The molecule has 0 aromatic heterocycles. The molecule has 3 aliphatic heterocycles. The molecule has 2 fully saturated rings. The van der Waals surface area contributed by atoms with Crippen LogP contribution >= 0.6 is 0 Å². The number of aliphatic hydroxyl groups excluding tert-OH is 7. The number of fused-ring (bicyclic) bond motifs is 1. The minimum atomic E-state index is -1.86. The maximum Gasteiger partial charge on any atom is 0.510 e. The SMILES string of the molecule is COc1cc(-c2oc3cc(=O)cc(O)c-3cc2O[C@@H]2O[C@H](COC(=[OH+])C=Cc3ccc(O)c(O[C@@H]4O[C@H](CO)[C@@H](O)[C@H](O)[C@H]4O)c3)[C@@H](O)[C@H](O)[C@H]2O)ccc1O. The van der Waals surface area contributed by atoms with Crippen LogP contribution in [-0.4, -0.2) is 144 Å². The van der Waals surface area contributed by atoms with Gasteiger partial charge in [-0.3, -0.25) is 4.79 Å². The highest BCUT2D eigenvalue weighted by molar-refractivity contribution is 5.88. The lowest BCUT2D eigenvalue weighted by Crippen LogP contribution is -2.60. The number of carbonyl (C=O) groups excluding carboxylic acids is 1. The highest BCUT2D eigenvalue weighted by atomic mass is 16.7. The van der Waals surface area contributed by atoms with Gasteiger partial charge in [-0.25, -0.2) is 0 Å². The summed E-state index contributed by atoms with van der Waals surface area (Å²) in [6.45, 7) is -1.29. The van der Waals surface area contributed by atoms with Crippen LogP contribution in [-0.2, 0) is 14.2 Å². The Kier molecular flexibility index (Phi) is 12.0. The fourth-order valence-electron chi connectivity index (χ4n) is 5.96. The fraction of sp³-hybridized carbons (Fsp3) is 0.351. The smallest absolute Gasteiger partial charge is 0.507 e. The third-order valence-electron chi connectivity index (χ3n) is 9.05. The van der Waals surface area contributed by atoms with Crippen LogP contribution in [0.4, 0.5) is 0 Å². The second-order valence-corrected chi connectivity index (χ2v) is 12.8. The topological polar surface area (TPSA) is 309 Å². The molecule has 2 aromatic rings. The van der Waals surface area contributed by atoms with Crippen LogP contribution in [0.2, 0.25) is 0 Å². The van der Waals surface area contributed by atoms with Gasteiger partial charge in [0.2, 0.25) is 19.2 Å². The Bertz CT molecular complexity index is 2080. The molecule has 3 heterocycles. The van der Waals surface area contributed by atoms with Gasteiger partial charge in [0, 0.05) is 17.7 Å². The number of esters is 1. The standard InChI is InChI=1S/C37H38O19/c1-50-23-9-16(4-6-19(23)40)35-25(12-18-21(42)10-17(39)11-22(18)52-35)54-37-34(49)32(47)30(45)27(56-37)14-51-28(43)7-3-15-2-5-20(41)24(8-15)53-36-33(48)31(46)29(44)26(13-38)55-36/h2-12,26-27,29-34,36-38,40-42,44-49H,13-14H2,1H3/p+1/t26-,27-,29-,30-,31+,32+,33-,34-,36-,37-/m1/s1. The van der Waals surface area contributed by atoms with Crippen molar-refractivity contribution in [3.63, 3.8) is 0 Å². The summed E-state index contributed by atoms with van der Waals surface area (Å²) >= 11 is 0. The molecule has 0 saturated carbocycles. The molecule has 6 rings (SSSR count). The zero-order chi connectivity index (χ0) is 40.4. The van der Waals surface area contributed by atoms with Gasteiger partial charge in [0.25, 0.3) is 0 Å². The Labute approximate surface area is 315 Å². The second-order valence-electron chi connectivity index (χ2n) is 12.8. The normalized spacial score (nSPS) is 27.9. The quantitative estimate of drug-likeness (QED) is 0.0502. The van der Waals surface area contributed by atoms with Crippen LogP contribution in [0.25, 0.3) is 28.7 Å². The van der Waals surface area contributed by atoms with E-state index in [1.807, 2.05) is 0 Å². The predicted octanol–water partition coefficient (Wildman–Crippen LogP) is -0.866. The van der Waals surface area contributed by atoms with Crippen LogP contribution in [0, 0.1) is 0 Å². The number of methoxy groups -OCH3 is 1. The van der Waals surface area contributed by atoms with Crippen LogP contribution in [0.5, 0.6) is 34.5 Å². The van der Waals surface area contributed by atoms with E-state index >= 15 is 0 Å². The third-order valence-corrected chi connectivity index (χ3v) is 9.05. The van der Waals surface area contributed by atoms with E-state index in [-0.39, 0.29) is 45.6 Å². The number of phenols is 3. The molecule has 19 nitrogen and oxygen atoms in total. The van der Waals surface area contributed by atoms with Crippen molar-refractivity contribution < 1.29 is 88.7 Å². The third kappa shape index (κ3) is 8.35. The molecule has 1 aliphatic carbocycles. The molecule has 10 atom stereocenters. The molecule has 2 aromatic carbocycles. The lowest BCUT2D eigenvalue weighted by molar-refractivity contribution is -0.277. The number of rotatable bonds is 11. The number of hydrogen-bond acceptors (Lipinski definition) is 18. The molecule has 2 saturated heterocycles. The summed E-state index contributed by atoms with van der Waals surface area (Å²) in [6.07, 6.45) is -14.1. The van der Waals surface area contributed by atoms with Crippen molar-refractivity contribution in [3.8, 4) is 57.1 Å². The minimum absolute atomic E-state index is 0.0346. The molecule has 56 heavy (non-hydrogen) atoms. The van der Waals surface area contributed by atoms with Crippen molar-refractivity contribution in [3.05, 3.63) is 76.5 Å². The first-order chi connectivity index (χ1) is 26.7. The van der Waals surface area contributed by atoms with E-state index in [1.54, 1.807) is 0 Å². The molecule has 4 aliphatic rings. The van der Waals surface area contributed by atoms with Crippen molar-refractivity contribution in [2.75, 3.05) is 20.3 Å². The van der Waals surface area contributed by atoms with E-state index < -0.39 is 97.5 Å². The number of benzene rings is 3. The summed E-state index contributed by atoms with van der Waals surface area (Å²) in [5, 5.41) is 103. The Balaban J connectivity index is 1.16. The Morgan fingerprint density at radius 2 is 1.36 bits per heavy atom. The van der Waals surface area contributed by atoms with Crippen LogP contribution in [0.3, 0.4) is 0 Å². The molecule has 0 radical (unpaired) electrons. The highest BCUT2D eigenvalue weighted by Gasteiger charge is 2.47. The van der Waals surface area contributed by atoms with Gasteiger partial charge in [-0.15, -0.1) is 0 Å². The van der Waals surface area contributed by atoms with Gasteiger partial charge in [-0.2, -0.15) is 0 Å². The van der Waals surface area contributed by atoms with Gasteiger partial charge < -0.3 is 88.7 Å². The highest BCUT2D eigenvalue weighted by Crippen LogP contribution is 2.43. The zero-order valence-corrected chi connectivity index (χ0v) is 29.2. The maximum absolute atomic E-state index is 12.1. The largest absolute Gasteiger partial charge is 0.510 e. The molecule has 0 unspecified atom stereocenters. The van der Waals surface area contributed by atoms with Crippen molar-refractivity contribution in [1.29, 1.82) is 0 Å². The van der Waals surface area contributed by atoms with E-state index in [0.717, 1.165) is 18.2 Å². The van der Waals surface area contributed by atoms with Crippen LogP contribution < -0.4 is 19.6 Å². The van der Waals surface area contributed by atoms with Crippen molar-refractivity contribution >= 4 is 12.0 Å². The summed E-state index contributed by atoms with van der Waals surface area (Å²) in [4.78, 5) is 22.6. The number of aromatic hydroxyl groups is 3. The molecule has 0 bridgehead atoms. The van der Waals surface area contributed by atoms with Gasteiger partial charge in [0.1, 0.15) is 54.2 Å². The molecule has 0 amide bonds. The van der Waals surface area contributed by atoms with E-state index in [4.69, 9.17) is 32.8 Å². The minimum Gasteiger partial charge on any atom is -0.507 e. The molecular weight excluding hydrogens is 748 g/mol. The molecule has 300 valence electrons. The fourth-order valence-corrected chi connectivity index (χ4v) is 5.96. The van der Waals surface area contributed by atoms with Gasteiger partial charge in [0.05, 0.1) is 25.4 Å². The first-order valence-corrected chi connectivity index (χ1v) is 16.9. The lowest BCUT2D eigenvalue weighted by Gasteiger charge is -2.39. The van der Waals surface area contributed by atoms with Crippen LogP contribution in [0.15, 0.2) is 69.9 Å². The first-order valence-electron chi connectivity index (χ1n) is 16.9. The van der Waals surface area contributed by atoms with Crippen molar-refractivity contribution in [1.82, 2.24) is 0 Å². The second kappa shape index (κ2) is 16.7. The Morgan fingerprint density at radius 1 is 0.732 bits per heavy atom. The summed E-state index contributed by atoms with van der Waals surface area (Å²) < 4.78 is 39.0. The van der Waals surface area contributed by atoms with E-state index in [2.05, 4.69) is 0 Å². The number of hydrogen-bond donors (Lipinski definition) is 10. The van der Waals surface area contributed by atoms with Crippen molar-refractivity contribution in [2.24, 2.45) is 0 Å². The molecular formula is C37H39O19+. The van der Waals surface area contributed by atoms with Gasteiger partial charge in [-0.05, 0) is 48.0 Å². The molecule has 0 spiro atoms. The first kappa shape index (κ1) is 40.2. The van der Waals surface area contributed by atoms with Gasteiger partial charge in [0.15, 0.2) is 46.0 Å². The summed E-state index contributed by atoms with van der Waals surface area (Å²) in [5.41, 5.74) is 0.0352. The maximum atomic E-state index is 12.1. The number of aliphatic hydroxyl groups is 7. The lowest BCUT2D eigenvalue weighted by atomic mass is 9.99. The number of ether oxygens (including phenoxy) is 6. The van der Waals surface area contributed by atoms with E-state index in [9.17, 15) is 60.7 Å². The van der Waals surface area contributed by atoms with Gasteiger partial charge in [-0.1, -0.05) is 6.07 Å². The zero-order valence-electron chi connectivity index (χ0n) is 29.2.